The summed E-state index contributed by atoms with van der Waals surface area (Å²) in [5.74, 6) is -3.35. The Bertz CT molecular complexity index is 1200. The van der Waals surface area contributed by atoms with Crippen LogP contribution in [-0.2, 0) is 22.6 Å². The van der Waals surface area contributed by atoms with Crippen LogP contribution in [0, 0.1) is 18.6 Å². The Morgan fingerprint density at radius 2 is 2.06 bits per heavy atom. The van der Waals surface area contributed by atoms with E-state index in [9.17, 15) is 23.5 Å². The van der Waals surface area contributed by atoms with Gasteiger partial charge in [0, 0.05) is 24.7 Å². The van der Waals surface area contributed by atoms with Gasteiger partial charge in [0.25, 0.3) is 0 Å². The number of carbonyl (C=O) groups is 2. The van der Waals surface area contributed by atoms with Crippen molar-refractivity contribution in [2.45, 2.75) is 51.2 Å². The summed E-state index contributed by atoms with van der Waals surface area (Å²) in [5, 5.41) is 20.5. The second-order valence-electron chi connectivity index (χ2n) is 8.63. The lowest BCUT2D eigenvalue weighted by Gasteiger charge is -2.34. The van der Waals surface area contributed by atoms with Crippen LogP contribution >= 0.6 is 0 Å². The Hall–Kier alpha value is -3.73. The molecule has 0 saturated carbocycles. The minimum Gasteiger partial charge on any atom is -0.480 e. The van der Waals surface area contributed by atoms with E-state index in [1.807, 2.05) is 24.0 Å². The number of aryl methyl sites for hydroxylation is 1. The van der Waals surface area contributed by atoms with E-state index in [2.05, 4.69) is 20.6 Å². The molecule has 1 fully saturated rings. The molecule has 4 rings (SSSR count). The number of piperidine rings is 1. The molecule has 1 amide bonds. The third-order valence-electron chi connectivity index (χ3n) is 6.04. The van der Waals surface area contributed by atoms with E-state index < -0.39 is 35.6 Å². The van der Waals surface area contributed by atoms with Gasteiger partial charge in [0.2, 0.25) is 5.91 Å². The molecule has 1 saturated heterocycles. The molecule has 0 spiro atoms. The number of pyridine rings is 1. The fourth-order valence-electron chi connectivity index (χ4n) is 4.15. The van der Waals surface area contributed by atoms with Gasteiger partial charge in [0.15, 0.2) is 0 Å². The molecule has 1 aliphatic rings. The first-order valence-corrected chi connectivity index (χ1v) is 11.4. The van der Waals surface area contributed by atoms with Gasteiger partial charge in [-0.2, -0.15) is 0 Å². The van der Waals surface area contributed by atoms with Gasteiger partial charge in [0.05, 0.1) is 29.8 Å². The summed E-state index contributed by atoms with van der Waals surface area (Å²) in [7, 11) is 0. The number of carbonyl (C=O) groups excluding carboxylic acids is 1. The first-order valence-electron chi connectivity index (χ1n) is 11.4. The van der Waals surface area contributed by atoms with Crippen LogP contribution in [0.4, 0.5) is 8.78 Å². The summed E-state index contributed by atoms with van der Waals surface area (Å²) in [4.78, 5) is 31.1. The molecule has 0 aliphatic carbocycles. The van der Waals surface area contributed by atoms with Crippen molar-refractivity contribution in [1.29, 1.82) is 0 Å². The Kier molecular flexibility index (Phi) is 7.45. The van der Waals surface area contributed by atoms with Gasteiger partial charge in [-0.3, -0.25) is 14.7 Å². The number of halogens is 2. The van der Waals surface area contributed by atoms with Crippen molar-refractivity contribution >= 4 is 11.9 Å². The highest BCUT2D eigenvalue weighted by molar-refractivity contribution is 5.87. The normalized spacial score (nSPS) is 17.2. The summed E-state index contributed by atoms with van der Waals surface area (Å²) >= 11 is 0. The SMILES string of the molecule is Cc1ccc(-n2cc(CN3CCCCC3C(=O)N[C@H](Cc3ccc(F)cc3F)C(=O)O)nn2)cn1. The molecule has 35 heavy (non-hydrogen) atoms. The summed E-state index contributed by atoms with van der Waals surface area (Å²) in [6, 6.07) is 4.79. The fourth-order valence-corrected chi connectivity index (χ4v) is 4.15. The van der Waals surface area contributed by atoms with Crippen LogP contribution in [0.5, 0.6) is 0 Å². The molecule has 9 nitrogen and oxygen atoms in total. The van der Waals surface area contributed by atoms with Crippen molar-refractivity contribution in [2.75, 3.05) is 6.54 Å². The molecular weight excluding hydrogens is 458 g/mol. The average Bonchev–Trinajstić information content (AvgIpc) is 3.29. The van der Waals surface area contributed by atoms with Crippen molar-refractivity contribution in [3.8, 4) is 5.69 Å². The van der Waals surface area contributed by atoms with Gasteiger partial charge in [-0.15, -0.1) is 5.10 Å². The number of nitrogens with zero attached hydrogens (tertiary/aromatic N) is 5. The average molecular weight is 485 g/mol. The van der Waals surface area contributed by atoms with E-state index >= 15 is 0 Å². The highest BCUT2D eigenvalue weighted by Crippen LogP contribution is 2.20. The molecule has 3 heterocycles. The Balaban J connectivity index is 1.44. The topological polar surface area (TPSA) is 113 Å². The van der Waals surface area contributed by atoms with Crippen molar-refractivity contribution in [1.82, 2.24) is 30.2 Å². The summed E-state index contributed by atoms with van der Waals surface area (Å²) in [5.41, 5.74) is 2.33. The predicted octanol–water partition coefficient (Wildman–Crippen LogP) is 2.42. The largest absolute Gasteiger partial charge is 0.480 e. The maximum absolute atomic E-state index is 14.0. The number of hydrogen-bond acceptors (Lipinski definition) is 6. The van der Waals surface area contributed by atoms with Crippen LogP contribution in [0.25, 0.3) is 5.69 Å². The summed E-state index contributed by atoms with van der Waals surface area (Å²) in [6.45, 7) is 2.90. The molecular formula is C24H26F2N6O3. The molecule has 1 aliphatic heterocycles. The first-order chi connectivity index (χ1) is 16.8. The lowest BCUT2D eigenvalue weighted by atomic mass is 9.99. The van der Waals surface area contributed by atoms with Crippen LogP contribution < -0.4 is 5.32 Å². The third kappa shape index (κ3) is 6.04. The molecule has 2 aromatic heterocycles. The zero-order chi connectivity index (χ0) is 24.9. The van der Waals surface area contributed by atoms with Gasteiger partial charge < -0.3 is 10.4 Å². The van der Waals surface area contributed by atoms with Gasteiger partial charge in [-0.25, -0.2) is 18.3 Å². The van der Waals surface area contributed by atoms with Crippen LogP contribution in [0.1, 0.15) is 36.2 Å². The number of nitrogens with one attached hydrogen (secondary N) is 1. The zero-order valence-electron chi connectivity index (χ0n) is 19.2. The Labute approximate surface area is 200 Å². The molecule has 3 aromatic rings. The van der Waals surface area contributed by atoms with E-state index in [1.54, 1.807) is 17.1 Å². The van der Waals surface area contributed by atoms with Gasteiger partial charge >= 0.3 is 5.97 Å². The second-order valence-corrected chi connectivity index (χ2v) is 8.63. The monoisotopic (exact) mass is 484 g/mol. The Morgan fingerprint density at radius 1 is 1.23 bits per heavy atom. The quantitative estimate of drug-likeness (QED) is 0.505. The van der Waals surface area contributed by atoms with Gasteiger partial charge in [-0.05, 0) is 50.1 Å². The van der Waals surface area contributed by atoms with E-state index in [0.29, 0.717) is 31.3 Å². The minimum atomic E-state index is -1.35. The molecule has 1 unspecified atom stereocenters. The van der Waals surface area contributed by atoms with Crippen molar-refractivity contribution < 1.29 is 23.5 Å². The number of amides is 1. The lowest BCUT2D eigenvalue weighted by Crippen LogP contribution is -2.53. The number of carboxylic acids is 1. The predicted molar refractivity (Wildman–Crippen MR) is 122 cm³/mol. The number of benzene rings is 1. The first kappa shape index (κ1) is 24.4. The van der Waals surface area contributed by atoms with Gasteiger partial charge in [0.1, 0.15) is 17.7 Å². The van der Waals surface area contributed by atoms with Crippen molar-refractivity contribution in [2.24, 2.45) is 0 Å². The minimum absolute atomic E-state index is 0.0156. The molecule has 184 valence electrons. The number of aromatic nitrogens is 4. The van der Waals surface area contributed by atoms with E-state index in [0.717, 1.165) is 30.3 Å². The number of hydrogen-bond donors (Lipinski definition) is 2. The maximum atomic E-state index is 14.0. The number of carboxylic acid groups (broad SMARTS) is 1. The molecule has 2 atom stereocenters. The fraction of sp³-hybridized carbons (Fsp3) is 0.375. The molecule has 0 radical (unpaired) electrons. The smallest absolute Gasteiger partial charge is 0.326 e. The second kappa shape index (κ2) is 10.7. The zero-order valence-corrected chi connectivity index (χ0v) is 19.2. The number of rotatable bonds is 8. The highest BCUT2D eigenvalue weighted by Gasteiger charge is 2.32. The van der Waals surface area contributed by atoms with Crippen LogP contribution in [-0.4, -0.2) is 60.5 Å². The molecule has 1 aromatic carbocycles. The van der Waals surface area contributed by atoms with Crippen LogP contribution in [0.2, 0.25) is 0 Å². The summed E-state index contributed by atoms with van der Waals surface area (Å²) < 4.78 is 28.8. The van der Waals surface area contributed by atoms with E-state index in [1.165, 1.54) is 6.07 Å². The lowest BCUT2D eigenvalue weighted by molar-refractivity contribution is -0.143. The van der Waals surface area contributed by atoms with E-state index in [4.69, 9.17) is 0 Å². The van der Waals surface area contributed by atoms with Crippen molar-refractivity contribution in [3.63, 3.8) is 0 Å². The van der Waals surface area contributed by atoms with Gasteiger partial charge in [-0.1, -0.05) is 17.7 Å². The number of likely N-dealkylation sites (tertiary alicyclic amines) is 1. The van der Waals surface area contributed by atoms with Crippen LogP contribution in [0.3, 0.4) is 0 Å². The molecule has 2 N–H and O–H groups in total. The van der Waals surface area contributed by atoms with Crippen molar-refractivity contribution in [3.05, 3.63) is 71.3 Å². The molecule has 0 bridgehead atoms. The Morgan fingerprint density at radius 3 is 2.77 bits per heavy atom. The highest BCUT2D eigenvalue weighted by atomic mass is 19.1. The summed E-state index contributed by atoms with van der Waals surface area (Å²) in [6.07, 6.45) is 5.44. The maximum Gasteiger partial charge on any atom is 0.326 e. The standard InChI is InChI=1S/C24H26F2N6O3/c1-15-5-8-19(12-27-15)32-14-18(29-30-32)13-31-9-3-2-4-22(31)23(33)28-21(24(34)35)10-16-6-7-17(25)11-20(16)26/h5-8,11-12,14,21-22H,2-4,9-10,13H2,1H3,(H,28,33)(H,34,35)/t21-,22?/m1/s1. The molecule has 11 heteroatoms. The van der Waals surface area contributed by atoms with Crippen LogP contribution in [0.15, 0.2) is 42.7 Å². The number of aliphatic carboxylic acids is 1. The van der Waals surface area contributed by atoms with E-state index in [-0.39, 0.29) is 12.0 Å². The third-order valence-corrected chi connectivity index (χ3v) is 6.04.